The van der Waals surface area contributed by atoms with Crippen LogP contribution in [-0.2, 0) is 0 Å². The van der Waals surface area contributed by atoms with Crippen LogP contribution < -0.4 is 10.2 Å². The van der Waals surface area contributed by atoms with Crippen molar-refractivity contribution in [3.05, 3.63) is 29.3 Å². The summed E-state index contributed by atoms with van der Waals surface area (Å²) in [5.74, 6) is 0.278. The zero-order valence-electron chi connectivity index (χ0n) is 17.3. The van der Waals surface area contributed by atoms with Gasteiger partial charge in [0.25, 0.3) is 5.91 Å². The normalized spacial score (nSPS) is 16.5. The Kier molecular flexibility index (Phi) is 5.56. The number of piperazine rings is 1. The van der Waals surface area contributed by atoms with Crippen LogP contribution in [0.4, 0.5) is 5.69 Å². The van der Waals surface area contributed by atoms with Gasteiger partial charge in [-0.1, -0.05) is 19.0 Å². The van der Waals surface area contributed by atoms with Gasteiger partial charge in [-0.3, -0.25) is 4.79 Å². The van der Waals surface area contributed by atoms with Crippen molar-refractivity contribution in [2.24, 2.45) is 5.92 Å². The number of rotatable bonds is 5. The molecule has 1 aromatic carbocycles. The fourth-order valence-electron chi connectivity index (χ4n) is 3.27. The van der Waals surface area contributed by atoms with Crippen LogP contribution in [0.25, 0.3) is 21.7 Å². The van der Waals surface area contributed by atoms with Gasteiger partial charge in [-0.15, -0.1) is 11.3 Å². The van der Waals surface area contributed by atoms with Gasteiger partial charge in [0.15, 0.2) is 5.58 Å². The number of carbonyl (C=O) groups excluding carboxylic acids is 1. The maximum absolute atomic E-state index is 12.5. The average molecular weight is 414 g/mol. The number of benzene rings is 1. The molecule has 1 fully saturated rings. The molecular formula is C21H27N5O2S. The number of likely N-dealkylation sites (N-methyl/N-ethyl adjacent to an activating group) is 1. The van der Waals surface area contributed by atoms with E-state index in [0.717, 1.165) is 42.8 Å². The van der Waals surface area contributed by atoms with Crippen LogP contribution in [0.5, 0.6) is 0 Å². The van der Waals surface area contributed by atoms with Crippen LogP contribution in [0.3, 0.4) is 0 Å². The zero-order chi connectivity index (χ0) is 20.5. The van der Waals surface area contributed by atoms with Gasteiger partial charge in [0.1, 0.15) is 15.6 Å². The minimum Gasteiger partial charge on any atom is -0.369 e. The summed E-state index contributed by atoms with van der Waals surface area (Å²) in [5.41, 5.74) is 2.58. The molecule has 3 heterocycles. The number of nitrogens with zero attached hydrogens (tertiary/aromatic N) is 4. The van der Waals surface area contributed by atoms with Crippen molar-refractivity contribution < 1.29 is 9.32 Å². The molecule has 7 nitrogen and oxygen atoms in total. The third-order valence-electron chi connectivity index (χ3n) is 5.61. The molecule has 8 heteroatoms. The van der Waals surface area contributed by atoms with E-state index in [0.29, 0.717) is 21.5 Å². The maximum Gasteiger partial charge on any atom is 0.263 e. The fraction of sp³-hybridized carbons (Fsp3) is 0.476. The summed E-state index contributed by atoms with van der Waals surface area (Å²) in [7, 11) is 2.15. The molecule has 0 spiro atoms. The quantitative estimate of drug-likeness (QED) is 0.690. The minimum atomic E-state index is -0.0971. The van der Waals surface area contributed by atoms with Crippen molar-refractivity contribution in [1.82, 2.24) is 20.4 Å². The molecule has 0 saturated carbocycles. The first-order valence-corrected chi connectivity index (χ1v) is 10.8. The van der Waals surface area contributed by atoms with Gasteiger partial charge in [-0.2, -0.15) is 0 Å². The Hall–Kier alpha value is -2.45. The second kappa shape index (κ2) is 8.12. The lowest BCUT2D eigenvalue weighted by atomic mass is 10.1. The highest BCUT2D eigenvalue weighted by Gasteiger charge is 2.20. The Balaban J connectivity index is 1.54. The number of nitrogens with one attached hydrogen (secondary N) is 1. The van der Waals surface area contributed by atoms with E-state index in [1.807, 2.05) is 19.1 Å². The molecule has 1 amide bonds. The largest absolute Gasteiger partial charge is 0.369 e. The zero-order valence-corrected chi connectivity index (χ0v) is 18.1. The van der Waals surface area contributed by atoms with E-state index in [1.165, 1.54) is 11.3 Å². The number of carbonyl (C=O) groups is 1. The predicted octanol–water partition coefficient (Wildman–Crippen LogP) is 3.48. The molecule has 1 atom stereocenters. The molecule has 29 heavy (non-hydrogen) atoms. The summed E-state index contributed by atoms with van der Waals surface area (Å²) in [6.07, 6.45) is 1.61. The van der Waals surface area contributed by atoms with E-state index < -0.39 is 0 Å². The van der Waals surface area contributed by atoms with Crippen LogP contribution in [0, 0.1) is 5.92 Å². The first-order chi connectivity index (χ1) is 13.9. The summed E-state index contributed by atoms with van der Waals surface area (Å²) < 4.78 is 5.60. The lowest BCUT2D eigenvalue weighted by Crippen LogP contribution is -2.44. The van der Waals surface area contributed by atoms with Crippen molar-refractivity contribution in [2.45, 2.75) is 26.8 Å². The van der Waals surface area contributed by atoms with Crippen LogP contribution in [0.2, 0.25) is 0 Å². The molecule has 0 radical (unpaired) electrons. The summed E-state index contributed by atoms with van der Waals surface area (Å²) in [6.45, 7) is 10.3. The monoisotopic (exact) mass is 413 g/mol. The third kappa shape index (κ3) is 4.13. The smallest absolute Gasteiger partial charge is 0.263 e. The first kappa shape index (κ1) is 19.8. The summed E-state index contributed by atoms with van der Waals surface area (Å²) in [5, 5.41) is 8.87. The molecule has 0 aliphatic carbocycles. The number of hydrogen-bond donors (Lipinski definition) is 1. The first-order valence-electron chi connectivity index (χ1n) is 10.0. The van der Waals surface area contributed by atoms with Crippen molar-refractivity contribution in [2.75, 3.05) is 38.1 Å². The third-order valence-corrected chi connectivity index (χ3v) is 6.62. The van der Waals surface area contributed by atoms with Gasteiger partial charge in [0.2, 0.25) is 0 Å². The second-order valence-corrected chi connectivity index (χ2v) is 9.07. The van der Waals surface area contributed by atoms with E-state index in [1.54, 1.807) is 6.20 Å². The number of fused-ring (bicyclic) bond motifs is 1. The lowest BCUT2D eigenvalue weighted by Gasteiger charge is -2.33. The average Bonchev–Trinajstić information content (AvgIpc) is 3.34. The number of hydrogen-bond acceptors (Lipinski definition) is 7. The Morgan fingerprint density at radius 1 is 1.21 bits per heavy atom. The molecule has 2 aromatic heterocycles. The SMILES string of the molecule is CC(C)C(C)NC(=O)c1cnc(-c2noc3cc(N4CCN(C)CC4)ccc23)s1. The highest BCUT2D eigenvalue weighted by molar-refractivity contribution is 7.17. The van der Waals surface area contributed by atoms with E-state index in [-0.39, 0.29) is 11.9 Å². The van der Waals surface area contributed by atoms with Gasteiger partial charge in [-0.25, -0.2) is 4.98 Å². The number of aromatic nitrogens is 2. The molecule has 3 aromatic rings. The van der Waals surface area contributed by atoms with E-state index >= 15 is 0 Å². The van der Waals surface area contributed by atoms with Gasteiger partial charge in [0.05, 0.1) is 11.6 Å². The van der Waals surface area contributed by atoms with Crippen molar-refractivity contribution in [3.63, 3.8) is 0 Å². The molecule has 4 rings (SSSR count). The highest BCUT2D eigenvalue weighted by atomic mass is 32.1. The van der Waals surface area contributed by atoms with Crippen molar-refractivity contribution in [1.29, 1.82) is 0 Å². The van der Waals surface area contributed by atoms with Crippen LogP contribution in [0.1, 0.15) is 30.4 Å². The molecule has 0 bridgehead atoms. The lowest BCUT2D eigenvalue weighted by molar-refractivity contribution is 0.0934. The van der Waals surface area contributed by atoms with Gasteiger partial charge < -0.3 is 19.6 Å². The Morgan fingerprint density at radius 3 is 2.69 bits per heavy atom. The van der Waals surface area contributed by atoms with E-state index in [4.69, 9.17) is 4.52 Å². The van der Waals surface area contributed by atoms with Gasteiger partial charge in [0, 0.05) is 44.0 Å². The Bertz CT molecular complexity index is 1000. The van der Waals surface area contributed by atoms with E-state index in [2.05, 4.69) is 52.2 Å². The topological polar surface area (TPSA) is 74.5 Å². The minimum absolute atomic E-state index is 0.0971. The van der Waals surface area contributed by atoms with Gasteiger partial charge >= 0.3 is 0 Å². The number of thiazole rings is 1. The molecule has 1 N–H and O–H groups in total. The molecule has 1 aliphatic rings. The van der Waals surface area contributed by atoms with E-state index in [9.17, 15) is 4.79 Å². The van der Waals surface area contributed by atoms with Crippen LogP contribution in [-0.4, -0.2) is 60.2 Å². The Labute approximate surface area is 174 Å². The van der Waals surface area contributed by atoms with Gasteiger partial charge in [-0.05, 0) is 32.0 Å². The molecular weight excluding hydrogens is 386 g/mol. The summed E-state index contributed by atoms with van der Waals surface area (Å²) in [6, 6.07) is 6.30. The number of anilines is 1. The maximum atomic E-state index is 12.5. The Morgan fingerprint density at radius 2 is 1.97 bits per heavy atom. The predicted molar refractivity (Wildman–Crippen MR) is 117 cm³/mol. The second-order valence-electron chi connectivity index (χ2n) is 8.04. The standard InChI is InChI=1S/C21H27N5O2S/c1-13(2)14(3)23-20(27)18-12-22-21(29-18)19-16-6-5-15(11-17(16)28-24-19)26-9-7-25(4)8-10-26/h5-6,11-14H,7-10H2,1-4H3,(H,23,27). The molecule has 1 aliphatic heterocycles. The van der Waals surface area contributed by atoms with Crippen LogP contribution in [0.15, 0.2) is 28.9 Å². The number of amides is 1. The van der Waals surface area contributed by atoms with Crippen LogP contribution >= 0.6 is 11.3 Å². The highest BCUT2D eigenvalue weighted by Crippen LogP contribution is 2.33. The molecule has 1 saturated heterocycles. The van der Waals surface area contributed by atoms with Crippen molar-refractivity contribution in [3.8, 4) is 10.7 Å². The van der Waals surface area contributed by atoms with Crippen molar-refractivity contribution >= 4 is 33.9 Å². The summed E-state index contributed by atoms with van der Waals surface area (Å²) in [4.78, 5) is 22.2. The molecule has 1 unspecified atom stereocenters. The molecule has 154 valence electrons. The summed E-state index contributed by atoms with van der Waals surface area (Å²) >= 11 is 1.34. The fourth-order valence-corrected chi connectivity index (χ4v) is 4.09.